The van der Waals surface area contributed by atoms with Gasteiger partial charge in [0.25, 0.3) is 5.91 Å². The molecule has 0 bridgehead atoms. The summed E-state index contributed by atoms with van der Waals surface area (Å²) >= 11 is 3.06. The van der Waals surface area contributed by atoms with E-state index in [2.05, 4.69) is 10.6 Å². The van der Waals surface area contributed by atoms with E-state index in [9.17, 15) is 9.59 Å². The van der Waals surface area contributed by atoms with Crippen LogP contribution in [0.3, 0.4) is 0 Å². The highest BCUT2D eigenvalue weighted by atomic mass is 32.2. The molecule has 0 rings (SSSR count). The summed E-state index contributed by atoms with van der Waals surface area (Å²) in [5, 5.41) is 5.03. The Morgan fingerprint density at radius 3 is 2.17 bits per heavy atom. The normalized spacial score (nSPS) is 9.78. The summed E-state index contributed by atoms with van der Waals surface area (Å²) in [6, 6.07) is -0.416. The topological polar surface area (TPSA) is 58.2 Å². The lowest BCUT2D eigenvalue weighted by Crippen LogP contribution is -2.40. The highest BCUT2D eigenvalue weighted by Gasteiger charge is 2.15. The second kappa shape index (κ2) is 10.3. The molecular formula is C12H22N2O2S2. The van der Waals surface area contributed by atoms with E-state index < -0.39 is 6.03 Å². The first-order valence-corrected chi connectivity index (χ1v) is 8.45. The summed E-state index contributed by atoms with van der Waals surface area (Å²) < 4.78 is 0.955. The molecule has 3 amide bonds. The van der Waals surface area contributed by atoms with Crippen LogP contribution < -0.4 is 10.6 Å². The van der Waals surface area contributed by atoms with Crippen molar-refractivity contribution >= 4 is 35.5 Å². The predicted molar refractivity (Wildman–Crippen MR) is 80.8 cm³/mol. The monoisotopic (exact) mass is 290 g/mol. The minimum atomic E-state index is -0.416. The SMILES string of the molecule is CCCCNC(=O)NC(=O)C(CC)=C(SC)SC. The van der Waals surface area contributed by atoms with E-state index in [0.29, 0.717) is 18.5 Å². The maximum atomic E-state index is 11.9. The zero-order valence-electron chi connectivity index (χ0n) is 11.5. The second-order valence-electron chi connectivity index (χ2n) is 3.59. The molecule has 0 aromatic rings. The maximum Gasteiger partial charge on any atom is 0.321 e. The van der Waals surface area contributed by atoms with E-state index >= 15 is 0 Å². The Kier molecular flexibility index (Phi) is 9.96. The van der Waals surface area contributed by atoms with Crippen LogP contribution in [0.4, 0.5) is 4.79 Å². The number of thioether (sulfide) groups is 2. The van der Waals surface area contributed by atoms with Crippen molar-refractivity contribution in [3.63, 3.8) is 0 Å². The summed E-state index contributed by atoms with van der Waals surface area (Å²) in [6.45, 7) is 4.56. The first kappa shape index (κ1) is 17.4. The second-order valence-corrected chi connectivity index (χ2v) is 5.48. The van der Waals surface area contributed by atoms with E-state index in [-0.39, 0.29) is 5.91 Å². The third-order valence-corrected chi connectivity index (χ3v) is 4.52. The molecule has 0 spiro atoms. The van der Waals surface area contributed by atoms with E-state index in [1.54, 1.807) is 0 Å². The molecule has 0 saturated carbocycles. The maximum absolute atomic E-state index is 11.9. The summed E-state index contributed by atoms with van der Waals surface area (Å²) in [6.07, 6.45) is 6.40. The Bertz CT molecular complexity index is 311. The molecule has 0 aliphatic rings. The number of unbranched alkanes of at least 4 members (excludes halogenated alkanes) is 1. The van der Waals surface area contributed by atoms with Gasteiger partial charge in [-0.05, 0) is 25.4 Å². The van der Waals surface area contributed by atoms with Crippen molar-refractivity contribution in [2.24, 2.45) is 0 Å². The molecular weight excluding hydrogens is 268 g/mol. The van der Waals surface area contributed by atoms with Crippen molar-refractivity contribution in [3.05, 3.63) is 9.81 Å². The fourth-order valence-corrected chi connectivity index (χ4v) is 2.96. The number of nitrogens with one attached hydrogen (secondary N) is 2. The number of urea groups is 1. The zero-order valence-corrected chi connectivity index (χ0v) is 13.1. The lowest BCUT2D eigenvalue weighted by molar-refractivity contribution is -0.116. The van der Waals surface area contributed by atoms with Crippen LogP contribution >= 0.6 is 23.5 Å². The van der Waals surface area contributed by atoms with Crippen LogP contribution in [0.2, 0.25) is 0 Å². The van der Waals surface area contributed by atoms with Gasteiger partial charge >= 0.3 is 6.03 Å². The van der Waals surface area contributed by atoms with Crippen molar-refractivity contribution in [3.8, 4) is 0 Å². The van der Waals surface area contributed by atoms with E-state index in [0.717, 1.165) is 17.1 Å². The molecule has 0 atom stereocenters. The Morgan fingerprint density at radius 1 is 1.11 bits per heavy atom. The fourth-order valence-electron chi connectivity index (χ4n) is 1.33. The van der Waals surface area contributed by atoms with Gasteiger partial charge in [0.05, 0.1) is 0 Å². The lowest BCUT2D eigenvalue weighted by Gasteiger charge is -2.10. The molecule has 0 fully saturated rings. The lowest BCUT2D eigenvalue weighted by atomic mass is 10.2. The van der Waals surface area contributed by atoms with Crippen LogP contribution in [-0.2, 0) is 4.79 Å². The fraction of sp³-hybridized carbons (Fsp3) is 0.667. The smallest absolute Gasteiger partial charge is 0.321 e. The quantitative estimate of drug-likeness (QED) is 0.559. The number of imide groups is 1. The molecule has 0 aromatic carbocycles. The minimum absolute atomic E-state index is 0.301. The molecule has 6 heteroatoms. The number of amides is 3. The number of hydrogen-bond acceptors (Lipinski definition) is 4. The summed E-state index contributed by atoms with van der Waals surface area (Å²) in [7, 11) is 0. The number of rotatable bonds is 7. The van der Waals surface area contributed by atoms with Crippen molar-refractivity contribution in [2.75, 3.05) is 19.1 Å². The van der Waals surface area contributed by atoms with Crippen molar-refractivity contribution in [1.29, 1.82) is 0 Å². The van der Waals surface area contributed by atoms with E-state index in [1.165, 1.54) is 23.5 Å². The van der Waals surface area contributed by atoms with Crippen LogP contribution in [0.15, 0.2) is 9.81 Å². The Morgan fingerprint density at radius 2 is 1.72 bits per heavy atom. The van der Waals surface area contributed by atoms with E-state index in [1.807, 2.05) is 26.4 Å². The Labute approximate surface area is 118 Å². The first-order chi connectivity index (χ1) is 8.60. The van der Waals surface area contributed by atoms with Crippen LogP contribution in [0.5, 0.6) is 0 Å². The van der Waals surface area contributed by atoms with Gasteiger partial charge in [-0.1, -0.05) is 20.3 Å². The molecule has 18 heavy (non-hydrogen) atoms. The summed E-state index contributed by atoms with van der Waals surface area (Å²) in [4.78, 5) is 23.4. The van der Waals surface area contributed by atoms with Crippen molar-refractivity contribution in [2.45, 2.75) is 33.1 Å². The average molecular weight is 290 g/mol. The van der Waals surface area contributed by atoms with E-state index in [4.69, 9.17) is 0 Å². The summed E-state index contributed by atoms with van der Waals surface area (Å²) in [5.74, 6) is -0.301. The van der Waals surface area contributed by atoms with Gasteiger partial charge in [0, 0.05) is 16.4 Å². The van der Waals surface area contributed by atoms with Crippen molar-refractivity contribution < 1.29 is 9.59 Å². The van der Waals surface area contributed by atoms with Crippen LogP contribution in [-0.4, -0.2) is 31.0 Å². The van der Waals surface area contributed by atoms with Gasteiger partial charge < -0.3 is 5.32 Å². The molecule has 0 aromatic heterocycles. The van der Waals surface area contributed by atoms with Gasteiger partial charge in [0.1, 0.15) is 0 Å². The highest BCUT2D eigenvalue weighted by molar-refractivity contribution is 8.21. The molecule has 0 aliphatic carbocycles. The summed E-state index contributed by atoms with van der Waals surface area (Å²) in [5.41, 5.74) is 0.667. The molecule has 104 valence electrons. The number of carbonyl (C=O) groups excluding carboxylic acids is 2. The van der Waals surface area contributed by atoms with Gasteiger partial charge in [-0.3, -0.25) is 10.1 Å². The Hall–Kier alpha value is -0.620. The zero-order chi connectivity index (χ0) is 14.0. The standard InChI is InChI=1S/C12H22N2O2S2/c1-5-7-8-13-12(16)14-10(15)9(6-2)11(17-3)18-4/h5-8H2,1-4H3,(H2,13,14,15,16). The minimum Gasteiger partial charge on any atom is -0.338 e. The molecule has 0 radical (unpaired) electrons. The van der Waals surface area contributed by atoms with Crippen LogP contribution in [0, 0.1) is 0 Å². The molecule has 0 heterocycles. The van der Waals surface area contributed by atoms with Gasteiger partial charge in [0.2, 0.25) is 0 Å². The van der Waals surface area contributed by atoms with Crippen molar-refractivity contribution in [1.82, 2.24) is 10.6 Å². The van der Waals surface area contributed by atoms with Gasteiger partial charge in [-0.25, -0.2) is 4.79 Å². The third-order valence-electron chi connectivity index (χ3n) is 2.29. The number of hydrogen-bond donors (Lipinski definition) is 2. The Balaban J connectivity index is 4.45. The first-order valence-electron chi connectivity index (χ1n) is 6.00. The third kappa shape index (κ3) is 6.35. The molecule has 0 saturated heterocycles. The number of carbonyl (C=O) groups is 2. The largest absolute Gasteiger partial charge is 0.338 e. The molecule has 0 aliphatic heterocycles. The predicted octanol–water partition coefficient (Wildman–Crippen LogP) is 2.96. The van der Waals surface area contributed by atoms with Crippen LogP contribution in [0.1, 0.15) is 33.1 Å². The molecule has 0 unspecified atom stereocenters. The molecule has 4 nitrogen and oxygen atoms in total. The molecule has 2 N–H and O–H groups in total. The van der Waals surface area contributed by atoms with Gasteiger partial charge in [-0.15, -0.1) is 23.5 Å². The average Bonchev–Trinajstić information content (AvgIpc) is 2.35. The van der Waals surface area contributed by atoms with Gasteiger partial charge in [-0.2, -0.15) is 0 Å². The van der Waals surface area contributed by atoms with Gasteiger partial charge in [0.15, 0.2) is 0 Å². The van der Waals surface area contributed by atoms with Crippen LogP contribution in [0.25, 0.3) is 0 Å². The highest BCUT2D eigenvalue weighted by Crippen LogP contribution is 2.28.